The van der Waals surface area contributed by atoms with Crippen molar-refractivity contribution in [2.24, 2.45) is 0 Å². The Bertz CT molecular complexity index is 984. The summed E-state index contributed by atoms with van der Waals surface area (Å²) in [7, 11) is 0. The van der Waals surface area contributed by atoms with E-state index in [9.17, 15) is 9.90 Å². The smallest absolute Gasteiger partial charge is 0.336 e. The molecule has 2 aromatic carbocycles. The van der Waals surface area contributed by atoms with Gasteiger partial charge in [0.15, 0.2) is 0 Å². The molecule has 1 heterocycles. The van der Waals surface area contributed by atoms with Gasteiger partial charge >= 0.3 is 5.97 Å². The van der Waals surface area contributed by atoms with Crippen molar-refractivity contribution in [3.63, 3.8) is 0 Å². The second kappa shape index (κ2) is 8.91. The third kappa shape index (κ3) is 4.65. The molecule has 0 saturated carbocycles. The number of benzene rings is 2. The zero-order chi connectivity index (χ0) is 20.1. The number of nitrogens with zero attached hydrogens (tertiary/aromatic N) is 1. The first-order valence-corrected chi connectivity index (χ1v) is 10.2. The molecule has 4 nitrogen and oxygen atoms in total. The maximum atomic E-state index is 11.4. The van der Waals surface area contributed by atoms with E-state index in [1.807, 2.05) is 18.2 Å². The molecule has 1 atom stereocenters. The SMILES string of the molecule is O=C(O)c1ccncc1CCC1CCCc2cc(OCc3ccccc3)ccc21. The monoisotopic (exact) mass is 387 g/mol. The summed E-state index contributed by atoms with van der Waals surface area (Å²) < 4.78 is 5.99. The molecule has 148 valence electrons. The summed E-state index contributed by atoms with van der Waals surface area (Å²) in [5.41, 5.74) is 5.07. The van der Waals surface area contributed by atoms with Gasteiger partial charge in [-0.2, -0.15) is 0 Å². The number of carboxylic acids is 1. The molecule has 0 aliphatic heterocycles. The van der Waals surface area contributed by atoms with Gasteiger partial charge in [0.05, 0.1) is 5.56 Å². The topological polar surface area (TPSA) is 59.4 Å². The molecule has 0 radical (unpaired) electrons. The van der Waals surface area contributed by atoms with E-state index in [0.717, 1.165) is 49.0 Å². The van der Waals surface area contributed by atoms with E-state index in [4.69, 9.17) is 4.74 Å². The van der Waals surface area contributed by atoms with Crippen molar-refractivity contribution >= 4 is 5.97 Å². The summed E-state index contributed by atoms with van der Waals surface area (Å²) in [6.07, 6.45) is 8.25. The summed E-state index contributed by atoms with van der Waals surface area (Å²) in [4.78, 5) is 15.5. The van der Waals surface area contributed by atoms with Crippen LogP contribution in [0.2, 0.25) is 0 Å². The minimum absolute atomic E-state index is 0.362. The highest BCUT2D eigenvalue weighted by atomic mass is 16.5. The highest BCUT2D eigenvalue weighted by Crippen LogP contribution is 2.36. The van der Waals surface area contributed by atoms with Crippen molar-refractivity contribution in [1.82, 2.24) is 4.98 Å². The highest BCUT2D eigenvalue weighted by Gasteiger charge is 2.21. The maximum Gasteiger partial charge on any atom is 0.336 e. The predicted octanol–water partition coefficient (Wildman–Crippen LogP) is 5.41. The van der Waals surface area contributed by atoms with Crippen molar-refractivity contribution in [2.75, 3.05) is 0 Å². The van der Waals surface area contributed by atoms with E-state index in [1.165, 1.54) is 11.1 Å². The highest BCUT2D eigenvalue weighted by molar-refractivity contribution is 5.89. The third-order valence-corrected chi connectivity index (χ3v) is 5.70. The van der Waals surface area contributed by atoms with Crippen LogP contribution in [0.4, 0.5) is 0 Å². The number of aromatic carboxylic acids is 1. The molecule has 29 heavy (non-hydrogen) atoms. The second-order valence-electron chi connectivity index (χ2n) is 7.60. The van der Waals surface area contributed by atoms with E-state index in [-0.39, 0.29) is 0 Å². The quantitative estimate of drug-likeness (QED) is 0.589. The number of aromatic nitrogens is 1. The largest absolute Gasteiger partial charge is 0.489 e. The van der Waals surface area contributed by atoms with Crippen LogP contribution in [-0.4, -0.2) is 16.1 Å². The molecule has 1 N–H and O–H groups in total. The number of rotatable bonds is 7. The van der Waals surface area contributed by atoms with Gasteiger partial charge < -0.3 is 9.84 Å². The molecule has 1 unspecified atom stereocenters. The van der Waals surface area contributed by atoms with E-state index in [1.54, 1.807) is 18.5 Å². The van der Waals surface area contributed by atoms with Gasteiger partial charge in [-0.15, -0.1) is 0 Å². The lowest BCUT2D eigenvalue weighted by Gasteiger charge is -2.26. The van der Waals surface area contributed by atoms with Crippen molar-refractivity contribution < 1.29 is 14.6 Å². The van der Waals surface area contributed by atoms with Gasteiger partial charge in [-0.05, 0) is 78.5 Å². The molecular formula is C25H25NO3. The van der Waals surface area contributed by atoms with E-state index in [0.29, 0.717) is 18.1 Å². The Labute approximate surface area is 171 Å². The van der Waals surface area contributed by atoms with Crippen LogP contribution in [-0.2, 0) is 19.4 Å². The number of fused-ring (bicyclic) bond motifs is 1. The molecule has 0 bridgehead atoms. The Hall–Kier alpha value is -3.14. The lowest BCUT2D eigenvalue weighted by molar-refractivity contribution is 0.0695. The molecule has 0 fully saturated rings. The van der Waals surface area contributed by atoms with Crippen LogP contribution >= 0.6 is 0 Å². The summed E-state index contributed by atoms with van der Waals surface area (Å²) in [6, 6.07) is 18.2. The van der Waals surface area contributed by atoms with Crippen molar-refractivity contribution in [3.8, 4) is 5.75 Å². The molecule has 4 heteroatoms. The van der Waals surface area contributed by atoms with Gasteiger partial charge in [0.25, 0.3) is 0 Å². The molecule has 1 aliphatic carbocycles. The number of carboxylic acid groups (broad SMARTS) is 1. The fourth-order valence-electron chi connectivity index (χ4n) is 4.19. The number of pyridine rings is 1. The van der Waals surface area contributed by atoms with Crippen LogP contribution in [0.1, 0.15) is 57.8 Å². The Morgan fingerprint density at radius 1 is 1.14 bits per heavy atom. The van der Waals surface area contributed by atoms with Gasteiger partial charge in [-0.25, -0.2) is 4.79 Å². The first-order valence-electron chi connectivity index (χ1n) is 10.2. The number of carbonyl (C=O) groups is 1. The minimum Gasteiger partial charge on any atom is -0.489 e. The van der Waals surface area contributed by atoms with Crippen LogP contribution < -0.4 is 4.74 Å². The zero-order valence-electron chi connectivity index (χ0n) is 16.4. The Morgan fingerprint density at radius 3 is 2.83 bits per heavy atom. The van der Waals surface area contributed by atoms with Crippen LogP contribution in [0.15, 0.2) is 67.0 Å². The van der Waals surface area contributed by atoms with Crippen molar-refractivity contribution in [1.29, 1.82) is 0 Å². The van der Waals surface area contributed by atoms with Crippen LogP contribution in [0.25, 0.3) is 0 Å². The first kappa shape index (κ1) is 19.2. The molecule has 0 saturated heterocycles. The summed E-state index contributed by atoms with van der Waals surface area (Å²) >= 11 is 0. The van der Waals surface area contributed by atoms with E-state index in [2.05, 4.69) is 35.3 Å². The summed E-state index contributed by atoms with van der Waals surface area (Å²) in [6.45, 7) is 0.571. The second-order valence-corrected chi connectivity index (χ2v) is 7.60. The molecule has 0 spiro atoms. The number of aryl methyl sites for hydroxylation is 2. The number of ether oxygens (including phenoxy) is 1. The van der Waals surface area contributed by atoms with Gasteiger partial charge in [0.1, 0.15) is 12.4 Å². The van der Waals surface area contributed by atoms with Crippen molar-refractivity contribution in [2.45, 2.75) is 44.6 Å². The summed E-state index contributed by atoms with van der Waals surface area (Å²) in [5.74, 6) is 0.476. The Balaban J connectivity index is 1.44. The Morgan fingerprint density at radius 2 is 2.00 bits per heavy atom. The van der Waals surface area contributed by atoms with E-state index < -0.39 is 5.97 Å². The van der Waals surface area contributed by atoms with Crippen LogP contribution in [0, 0.1) is 0 Å². The summed E-state index contributed by atoms with van der Waals surface area (Å²) in [5, 5.41) is 9.38. The number of hydrogen-bond donors (Lipinski definition) is 1. The third-order valence-electron chi connectivity index (χ3n) is 5.70. The average Bonchev–Trinajstić information content (AvgIpc) is 2.77. The maximum absolute atomic E-state index is 11.4. The van der Waals surface area contributed by atoms with Gasteiger partial charge in [0.2, 0.25) is 0 Å². The van der Waals surface area contributed by atoms with Crippen LogP contribution in [0.5, 0.6) is 5.75 Å². The fraction of sp³-hybridized carbons (Fsp3) is 0.280. The first-order chi connectivity index (χ1) is 14.2. The molecular weight excluding hydrogens is 362 g/mol. The lowest BCUT2D eigenvalue weighted by Crippen LogP contribution is -2.12. The fourth-order valence-corrected chi connectivity index (χ4v) is 4.19. The standard InChI is InChI=1S/C25H25NO3/c27-25(28)24-13-14-26-16-21(24)10-9-19-7-4-8-20-15-22(11-12-23(19)20)29-17-18-5-2-1-3-6-18/h1-3,5-6,11-16,19H,4,7-10,17H2,(H,27,28). The lowest BCUT2D eigenvalue weighted by atomic mass is 9.79. The molecule has 1 aromatic heterocycles. The molecule has 0 amide bonds. The molecule has 1 aliphatic rings. The predicted molar refractivity (Wildman–Crippen MR) is 112 cm³/mol. The minimum atomic E-state index is -0.883. The van der Waals surface area contributed by atoms with Gasteiger partial charge in [-0.1, -0.05) is 36.4 Å². The molecule has 3 aromatic rings. The number of hydrogen-bond acceptors (Lipinski definition) is 3. The van der Waals surface area contributed by atoms with E-state index >= 15 is 0 Å². The normalized spacial score (nSPS) is 15.5. The van der Waals surface area contributed by atoms with Gasteiger partial charge in [-0.3, -0.25) is 4.98 Å². The van der Waals surface area contributed by atoms with Crippen molar-refractivity contribution in [3.05, 3.63) is 94.8 Å². The zero-order valence-corrected chi connectivity index (χ0v) is 16.4. The van der Waals surface area contributed by atoms with Crippen LogP contribution in [0.3, 0.4) is 0 Å². The van der Waals surface area contributed by atoms with Gasteiger partial charge in [0, 0.05) is 12.4 Å². The Kier molecular flexibility index (Phi) is 5.89. The molecule has 4 rings (SSSR count). The average molecular weight is 387 g/mol.